The van der Waals surface area contributed by atoms with Crippen LogP contribution in [0.15, 0.2) is 0 Å². The summed E-state index contributed by atoms with van der Waals surface area (Å²) in [5.41, 5.74) is 0. The van der Waals surface area contributed by atoms with Crippen molar-refractivity contribution in [1.82, 2.24) is 10.2 Å². The fraction of sp³-hybridized carbons (Fsp3) is 0.857. The average molecular weight is 284 g/mol. The highest BCUT2D eigenvalue weighted by molar-refractivity contribution is 7.98. The fourth-order valence-corrected chi connectivity index (χ4v) is 3.23. The van der Waals surface area contributed by atoms with Gasteiger partial charge in [-0.2, -0.15) is 11.8 Å². The maximum atomic E-state index is 12.5. The number of rotatable bonds is 7. The lowest BCUT2D eigenvalue weighted by Gasteiger charge is -2.39. The molecule has 1 aliphatic carbocycles. The summed E-state index contributed by atoms with van der Waals surface area (Å²) in [6.45, 7) is 2.71. The van der Waals surface area contributed by atoms with E-state index in [2.05, 4.69) is 11.6 Å². The second kappa shape index (κ2) is 6.64. The molecule has 2 aliphatic rings. The number of hydrogen-bond donors (Lipinski definition) is 1. The van der Waals surface area contributed by atoms with Gasteiger partial charge in [0.15, 0.2) is 0 Å². The highest BCUT2D eigenvalue weighted by Gasteiger charge is 2.45. The summed E-state index contributed by atoms with van der Waals surface area (Å²) in [5, 5.41) is 2.93. The molecule has 1 saturated heterocycles. The summed E-state index contributed by atoms with van der Waals surface area (Å²) in [7, 11) is 0. The van der Waals surface area contributed by atoms with Crippen molar-refractivity contribution in [3.63, 3.8) is 0 Å². The van der Waals surface area contributed by atoms with Crippen LogP contribution in [0.25, 0.3) is 0 Å². The van der Waals surface area contributed by atoms with Crippen molar-refractivity contribution in [3.8, 4) is 0 Å². The Morgan fingerprint density at radius 1 is 1.32 bits per heavy atom. The van der Waals surface area contributed by atoms with Gasteiger partial charge >= 0.3 is 0 Å². The number of piperazine rings is 1. The van der Waals surface area contributed by atoms with E-state index in [0.29, 0.717) is 12.3 Å². The Morgan fingerprint density at radius 2 is 2.05 bits per heavy atom. The minimum absolute atomic E-state index is 0.0452. The van der Waals surface area contributed by atoms with Crippen molar-refractivity contribution in [3.05, 3.63) is 0 Å². The Bertz CT molecular complexity index is 344. The number of thioether (sulfide) groups is 1. The van der Waals surface area contributed by atoms with Crippen LogP contribution in [0.2, 0.25) is 0 Å². The van der Waals surface area contributed by atoms with Gasteiger partial charge in [0, 0.05) is 6.54 Å². The normalized spacial score (nSPS) is 27.6. The molecule has 2 amide bonds. The zero-order valence-corrected chi connectivity index (χ0v) is 12.7. The Labute approximate surface area is 119 Å². The van der Waals surface area contributed by atoms with Crippen molar-refractivity contribution in [2.24, 2.45) is 5.92 Å². The van der Waals surface area contributed by atoms with E-state index in [-0.39, 0.29) is 23.9 Å². The first-order valence-corrected chi connectivity index (χ1v) is 8.68. The lowest BCUT2D eigenvalue weighted by atomic mass is 10.0. The smallest absolute Gasteiger partial charge is 0.246 e. The summed E-state index contributed by atoms with van der Waals surface area (Å²) in [4.78, 5) is 26.4. The molecule has 1 aliphatic heterocycles. The number of nitrogens with zero attached hydrogens (tertiary/aromatic N) is 1. The van der Waals surface area contributed by atoms with Crippen molar-refractivity contribution >= 4 is 23.6 Å². The van der Waals surface area contributed by atoms with Crippen LogP contribution in [0.3, 0.4) is 0 Å². The van der Waals surface area contributed by atoms with Crippen LogP contribution in [0.4, 0.5) is 0 Å². The van der Waals surface area contributed by atoms with Crippen LogP contribution in [-0.4, -0.2) is 47.4 Å². The van der Waals surface area contributed by atoms with Crippen molar-refractivity contribution in [1.29, 1.82) is 0 Å². The molecule has 5 heteroatoms. The maximum Gasteiger partial charge on any atom is 0.246 e. The molecular formula is C14H24N2O2S. The molecule has 0 radical (unpaired) electrons. The van der Waals surface area contributed by atoms with E-state index in [1.54, 1.807) is 0 Å². The predicted octanol–water partition coefficient (Wildman–Crippen LogP) is 1.65. The molecule has 0 aromatic rings. The number of carbonyl (C=O) groups is 2. The average Bonchev–Trinajstić information content (AvgIpc) is 3.22. The third-order valence-corrected chi connectivity index (χ3v) is 4.70. The summed E-state index contributed by atoms with van der Waals surface area (Å²) in [6, 6.07) is -0.493. The molecule has 0 spiro atoms. The molecule has 1 heterocycles. The highest BCUT2D eigenvalue weighted by atomic mass is 32.2. The van der Waals surface area contributed by atoms with Gasteiger partial charge in [-0.3, -0.25) is 9.59 Å². The minimum Gasteiger partial charge on any atom is -0.342 e. The van der Waals surface area contributed by atoms with Gasteiger partial charge in [0.1, 0.15) is 12.1 Å². The number of unbranched alkanes of at least 4 members (excludes halogenated alkanes) is 1. The molecule has 2 atom stereocenters. The number of nitrogens with one attached hydrogen (secondary N) is 1. The van der Waals surface area contributed by atoms with Crippen molar-refractivity contribution < 1.29 is 9.59 Å². The monoisotopic (exact) mass is 284 g/mol. The van der Waals surface area contributed by atoms with Gasteiger partial charge in [0.25, 0.3) is 0 Å². The van der Waals surface area contributed by atoms with Gasteiger partial charge < -0.3 is 10.2 Å². The van der Waals surface area contributed by atoms with Crippen LogP contribution >= 0.6 is 11.8 Å². The first kappa shape index (κ1) is 14.7. The third kappa shape index (κ3) is 3.44. The van der Waals surface area contributed by atoms with Gasteiger partial charge in [0.2, 0.25) is 11.8 Å². The van der Waals surface area contributed by atoms with Gasteiger partial charge in [-0.1, -0.05) is 6.92 Å². The maximum absolute atomic E-state index is 12.5. The zero-order chi connectivity index (χ0) is 13.8. The molecule has 2 unspecified atom stereocenters. The first-order valence-electron chi connectivity index (χ1n) is 7.28. The largest absolute Gasteiger partial charge is 0.342 e. The standard InChI is InChI=1S/C14H24N2O2S/c1-3-11-13(17)15-12(10-6-7-10)14(18)16(11)8-4-5-9-19-2/h10-12H,3-9H2,1-2H3,(H,15,17). The summed E-state index contributed by atoms with van der Waals surface area (Å²) < 4.78 is 0. The molecule has 4 nitrogen and oxygen atoms in total. The molecule has 0 aromatic carbocycles. The Morgan fingerprint density at radius 3 is 2.63 bits per heavy atom. The van der Waals surface area contributed by atoms with Gasteiger partial charge in [-0.15, -0.1) is 0 Å². The SMILES string of the molecule is CCC1C(=O)NC(C2CC2)C(=O)N1CCCCSC. The second-order valence-electron chi connectivity index (χ2n) is 5.48. The summed E-state index contributed by atoms with van der Waals surface area (Å²) >= 11 is 1.83. The van der Waals surface area contributed by atoms with Crippen molar-refractivity contribution in [2.45, 2.75) is 51.1 Å². The molecule has 108 valence electrons. The molecule has 0 bridgehead atoms. The van der Waals surface area contributed by atoms with Crippen LogP contribution in [0.5, 0.6) is 0 Å². The molecule has 1 N–H and O–H groups in total. The number of hydrogen-bond acceptors (Lipinski definition) is 3. The Balaban J connectivity index is 1.97. The van der Waals surface area contributed by atoms with Crippen LogP contribution in [0.1, 0.15) is 39.0 Å². The molecule has 2 fully saturated rings. The quantitative estimate of drug-likeness (QED) is 0.723. The number of amides is 2. The van der Waals surface area contributed by atoms with E-state index in [1.165, 1.54) is 0 Å². The van der Waals surface area contributed by atoms with Crippen LogP contribution in [-0.2, 0) is 9.59 Å². The summed E-state index contributed by atoms with van der Waals surface area (Å²) in [6.07, 6.45) is 7.06. The predicted molar refractivity (Wildman–Crippen MR) is 78.1 cm³/mol. The molecule has 19 heavy (non-hydrogen) atoms. The number of carbonyl (C=O) groups excluding carboxylic acids is 2. The topological polar surface area (TPSA) is 49.4 Å². The first-order chi connectivity index (χ1) is 9.19. The molecular weight excluding hydrogens is 260 g/mol. The highest BCUT2D eigenvalue weighted by Crippen LogP contribution is 2.35. The molecule has 2 rings (SSSR count). The van der Waals surface area contributed by atoms with Gasteiger partial charge in [0.05, 0.1) is 0 Å². The second-order valence-corrected chi connectivity index (χ2v) is 6.46. The van der Waals surface area contributed by atoms with E-state index in [9.17, 15) is 9.59 Å². The third-order valence-electron chi connectivity index (χ3n) is 4.00. The van der Waals surface area contributed by atoms with Crippen LogP contribution < -0.4 is 5.32 Å². The van der Waals surface area contributed by atoms with Gasteiger partial charge in [-0.25, -0.2) is 0 Å². The lowest BCUT2D eigenvalue weighted by molar-refractivity contribution is -0.150. The summed E-state index contributed by atoms with van der Waals surface area (Å²) in [5.74, 6) is 1.71. The van der Waals surface area contributed by atoms with Gasteiger partial charge in [-0.05, 0) is 50.0 Å². The molecule has 1 saturated carbocycles. The van der Waals surface area contributed by atoms with Crippen LogP contribution in [0, 0.1) is 5.92 Å². The van der Waals surface area contributed by atoms with E-state index in [0.717, 1.165) is 38.0 Å². The van der Waals surface area contributed by atoms with Crippen molar-refractivity contribution in [2.75, 3.05) is 18.6 Å². The van der Waals surface area contributed by atoms with E-state index in [1.807, 2.05) is 23.6 Å². The zero-order valence-electron chi connectivity index (χ0n) is 11.9. The Kier molecular flexibility index (Phi) is 5.13. The minimum atomic E-state index is -0.253. The lowest BCUT2D eigenvalue weighted by Crippen LogP contribution is -2.63. The van der Waals surface area contributed by atoms with E-state index < -0.39 is 0 Å². The van der Waals surface area contributed by atoms with E-state index >= 15 is 0 Å². The van der Waals surface area contributed by atoms with E-state index in [4.69, 9.17) is 0 Å². The Hall–Kier alpha value is -0.710. The molecule has 0 aromatic heterocycles. The fourth-order valence-electron chi connectivity index (χ4n) is 2.73.